The van der Waals surface area contributed by atoms with E-state index < -0.39 is 5.60 Å². The van der Waals surface area contributed by atoms with Crippen molar-refractivity contribution in [2.75, 3.05) is 0 Å². The summed E-state index contributed by atoms with van der Waals surface area (Å²) in [6, 6.07) is 12.5. The minimum Gasteiger partial charge on any atom is -0.385 e. The van der Waals surface area contributed by atoms with Gasteiger partial charge in [-0.3, -0.25) is 4.98 Å². The third-order valence-electron chi connectivity index (χ3n) is 4.57. The van der Waals surface area contributed by atoms with E-state index in [4.69, 9.17) is 0 Å². The molecule has 0 amide bonds. The van der Waals surface area contributed by atoms with Gasteiger partial charge in [-0.15, -0.1) is 0 Å². The van der Waals surface area contributed by atoms with Crippen LogP contribution in [0.15, 0.2) is 42.6 Å². The molecule has 0 saturated heterocycles. The molecule has 1 aromatic heterocycles. The molecular weight excluding hydrogens is 258 g/mol. The van der Waals surface area contributed by atoms with E-state index in [1.807, 2.05) is 12.3 Å². The first-order chi connectivity index (χ1) is 10.2. The third-order valence-corrected chi connectivity index (χ3v) is 4.57. The number of hydrogen-bond acceptors (Lipinski definition) is 2. The van der Waals surface area contributed by atoms with Crippen molar-refractivity contribution in [3.8, 4) is 0 Å². The largest absolute Gasteiger partial charge is 0.385 e. The lowest BCUT2D eigenvalue weighted by atomic mass is 9.84. The molecule has 1 aromatic carbocycles. The maximum absolute atomic E-state index is 11.2. The van der Waals surface area contributed by atoms with Crippen LogP contribution >= 0.6 is 0 Å². The highest BCUT2D eigenvalue weighted by Gasteiger charge is 2.33. The normalized spacial score (nSPS) is 21.6. The van der Waals surface area contributed by atoms with Crippen molar-refractivity contribution in [1.29, 1.82) is 0 Å². The fourth-order valence-electron chi connectivity index (χ4n) is 3.31. The molecule has 1 atom stereocenters. The van der Waals surface area contributed by atoms with Crippen LogP contribution in [-0.2, 0) is 24.9 Å². The highest BCUT2D eigenvalue weighted by Crippen LogP contribution is 2.36. The Labute approximate surface area is 126 Å². The smallest absolute Gasteiger partial charge is 0.0954 e. The number of nitrogens with zero attached hydrogens (tertiary/aromatic N) is 1. The first kappa shape index (κ1) is 14.3. The molecule has 110 valence electrons. The number of rotatable bonds is 3. The van der Waals surface area contributed by atoms with Gasteiger partial charge >= 0.3 is 0 Å². The van der Waals surface area contributed by atoms with Crippen molar-refractivity contribution in [2.24, 2.45) is 0 Å². The molecule has 1 N–H and O–H groups in total. The van der Waals surface area contributed by atoms with E-state index in [0.717, 1.165) is 43.4 Å². The molecule has 0 fully saturated rings. The molecule has 1 aliphatic rings. The van der Waals surface area contributed by atoms with Gasteiger partial charge in [-0.2, -0.15) is 0 Å². The Balaban J connectivity index is 1.91. The second-order valence-electron chi connectivity index (χ2n) is 6.08. The molecule has 2 nitrogen and oxygen atoms in total. The molecule has 0 saturated carbocycles. The van der Waals surface area contributed by atoms with Crippen LogP contribution in [0.3, 0.4) is 0 Å². The lowest BCUT2D eigenvalue weighted by Crippen LogP contribution is -2.29. The van der Waals surface area contributed by atoms with Crippen molar-refractivity contribution in [2.45, 2.75) is 51.0 Å². The topological polar surface area (TPSA) is 33.1 Å². The summed E-state index contributed by atoms with van der Waals surface area (Å²) in [5.41, 5.74) is 3.85. The van der Waals surface area contributed by atoms with Crippen LogP contribution in [0, 0.1) is 0 Å². The van der Waals surface area contributed by atoms with Gasteiger partial charge in [0.05, 0.1) is 5.60 Å². The van der Waals surface area contributed by atoms with Gasteiger partial charge in [-0.1, -0.05) is 37.3 Å². The average Bonchev–Trinajstić information content (AvgIpc) is 2.68. The summed E-state index contributed by atoms with van der Waals surface area (Å²) in [4.78, 5) is 4.53. The molecule has 0 bridgehead atoms. The number of fused-ring (bicyclic) bond motifs is 1. The molecular formula is C19H23NO. The fourth-order valence-corrected chi connectivity index (χ4v) is 3.31. The van der Waals surface area contributed by atoms with Gasteiger partial charge in [-0.25, -0.2) is 0 Å². The monoisotopic (exact) mass is 281 g/mol. The number of hydrogen-bond donors (Lipinski definition) is 1. The zero-order chi connectivity index (χ0) is 14.7. The number of benzene rings is 1. The van der Waals surface area contributed by atoms with Crippen LogP contribution in [-0.4, -0.2) is 10.1 Å². The standard InChI is InChI=1S/C19H23NO/c1-2-15-10-11-17(20-14-15)13-19(21)12-6-5-8-16-7-3-4-9-18(16)19/h3-4,7,9-11,14,21H,2,5-6,8,12-13H2,1H3. The van der Waals surface area contributed by atoms with Crippen LogP contribution in [0.25, 0.3) is 0 Å². The first-order valence-electron chi connectivity index (χ1n) is 7.96. The van der Waals surface area contributed by atoms with E-state index in [1.165, 1.54) is 11.1 Å². The Morgan fingerprint density at radius 2 is 2.00 bits per heavy atom. The maximum atomic E-state index is 11.2. The van der Waals surface area contributed by atoms with Crippen LogP contribution in [0.4, 0.5) is 0 Å². The molecule has 21 heavy (non-hydrogen) atoms. The van der Waals surface area contributed by atoms with Crippen molar-refractivity contribution in [1.82, 2.24) is 4.98 Å². The molecule has 1 unspecified atom stereocenters. The van der Waals surface area contributed by atoms with Gasteiger partial charge in [0.25, 0.3) is 0 Å². The van der Waals surface area contributed by atoms with E-state index in [9.17, 15) is 5.11 Å². The van der Waals surface area contributed by atoms with E-state index in [2.05, 4.69) is 42.2 Å². The highest BCUT2D eigenvalue weighted by atomic mass is 16.3. The molecule has 2 heteroatoms. The van der Waals surface area contributed by atoms with E-state index in [-0.39, 0.29) is 0 Å². The number of pyridine rings is 1. The Morgan fingerprint density at radius 3 is 2.76 bits per heavy atom. The maximum Gasteiger partial charge on any atom is 0.0954 e. The zero-order valence-electron chi connectivity index (χ0n) is 12.7. The average molecular weight is 281 g/mol. The van der Waals surface area contributed by atoms with Gasteiger partial charge in [0, 0.05) is 18.3 Å². The summed E-state index contributed by atoms with van der Waals surface area (Å²) in [6.07, 6.45) is 7.65. The highest BCUT2D eigenvalue weighted by molar-refractivity contribution is 5.35. The SMILES string of the molecule is CCc1ccc(CC2(O)CCCCc3ccccc32)nc1. The Hall–Kier alpha value is -1.67. The summed E-state index contributed by atoms with van der Waals surface area (Å²) in [7, 11) is 0. The molecule has 1 aliphatic carbocycles. The molecule has 0 radical (unpaired) electrons. The molecule has 0 spiro atoms. The van der Waals surface area contributed by atoms with E-state index in [0.29, 0.717) is 6.42 Å². The van der Waals surface area contributed by atoms with Crippen LogP contribution in [0.1, 0.15) is 48.6 Å². The van der Waals surface area contributed by atoms with Crippen molar-refractivity contribution in [3.05, 3.63) is 65.0 Å². The molecule has 1 heterocycles. The molecule has 3 rings (SSSR count). The van der Waals surface area contributed by atoms with E-state index in [1.54, 1.807) is 0 Å². The third kappa shape index (κ3) is 3.01. The van der Waals surface area contributed by atoms with Gasteiger partial charge in [0.1, 0.15) is 0 Å². The number of aromatic nitrogens is 1. The predicted octanol–water partition coefficient (Wildman–Crippen LogP) is 3.80. The predicted molar refractivity (Wildman–Crippen MR) is 85.2 cm³/mol. The molecule has 2 aromatic rings. The lowest BCUT2D eigenvalue weighted by molar-refractivity contribution is 0.0262. The van der Waals surface area contributed by atoms with Crippen molar-refractivity contribution in [3.63, 3.8) is 0 Å². The van der Waals surface area contributed by atoms with Gasteiger partial charge in [0.15, 0.2) is 0 Å². The Bertz CT molecular complexity index is 605. The molecule has 0 aliphatic heterocycles. The van der Waals surface area contributed by atoms with Crippen LogP contribution in [0.5, 0.6) is 0 Å². The van der Waals surface area contributed by atoms with Crippen LogP contribution < -0.4 is 0 Å². The summed E-state index contributed by atoms with van der Waals surface area (Å²) in [6.45, 7) is 2.13. The number of aliphatic hydroxyl groups is 1. The summed E-state index contributed by atoms with van der Waals surface area (Å²) in [5.74, 6) is 0. The first-order valence-corrected chi connectivity index (χ1v) is 7.96. The van der Waals surface area contributed by atoms with Gasteiger partial charge in [-0.05, 0) is 54.9 Å². The van der Waals surface area contributed by atoms with Crippen molar-refractivity contribution >= 4 is 0 Å². The second-order valence-corrected chi connectivity index (χ2v) is 6.08. The Kier molecular flexibility index (Phi) is 4.07. The minimum absolute atomic E-state index is 0.605. The van der Waals surface area contributed by atoms with Gasteiger partial charge < -0.3 is 5.11 Å². The van der Waals surface area contributed by atoms with Crippen molar-refractivity contribution < 1.29 is 5.11 Å². The quantitative estimate of drug-likeness (QED) is 0.868. The fraction of sp³-hybridized carbons (Fsp3) is 0.421. The Morgan fingerprint density at radius 1 is 1.14 bits per heavy atom. The summed E-state index contributed by atoms with van der Waals surface area (Å²) >= 11 is 0. The minimum atomic E-state index is -0.770. The number of aryl methyl sites for hydroxylation is 2. The van der Waals surface area contributed by atoms with E-state index >= 15 is 0 Å². The summed E-state index contributed by atoms with van der Waals surface area (Å²) < 4.78 is 0. The van der Waals surface area contributed by atoms with Crippen LogP contribution in [0.2, 0.25) is 0 Å². The lowest BCUT2D eigenvalue weighted by Gasteiger charge is -2.28. The van der Waals surface area contributed by atoms with Gasteiger partial charge in [0.2, 0.25) is 0 Å². The zero-order valence-corrected chi connectivity index (χ0v) is 12.7. The second kappa shape index (κ2) is 5.98. The summed E-state index contributed by atoms with van der Waals surface area (Å²) in [5, 5.41) is 11.2.